The first-order valence-electron chi connectivity index (χ1n) is 7.26. The quantitative estimate of drug-likeness (QED) is 0.621. The van der Waals surface area contributed by atoms with Gasteiger partial charge in [0.1, 0.15) is 12.1 Å². The van der Waals surface area contributed by atoms with Crippen molar-refractivity contribution >= 4 is 23.0 Å². The molecule has 1 N–H and O–H groups in total. The van der Waals surface area contributed by atoms with Crippen LogP contribution in [0.25, 0.3) is 0 Å². The van der Waals surface area contributed by atoms with E-state index in [9.17, 15) is 14.5 Å². The van der Waals surface area contributed by atoms with Gasteiger partial charge in [0.05, 0.1) is 4.92 Å². The van der Waals surface area contributed by atoms with Crippen molar-refractivity contribution in [2.45, 2.75) is 19.8 Å². The number of rotatable bonds is 7. The molecule has 7 nitrogen and oxygen atoms in total. The lowest BCUT2D eigenvalue weighted by Gasteiger charge is -2.18. The van der Waals surface area contributed by atoms with Gasteiger partial charge in [-0.15, -0.1) is 0 Å². The summed E-state index contributed by atoms with van der Waals surface area (Å²) in [5, 5.41) is 14.3. The van der Waals surface area contributed by atoms with Gasteiger partial charge in [-0.3, -0.25) is 10.1 Å². The second kappa shape index (κ2) is 7.48. The summed E-state index contributed by atoms with van der Waals surface area (Å²) in [5.41, 5.74) is 0.311. The molecule has 0 aliphatic heterocycles. The van der Waals surface area contributed by atoms with Crippen molar-refractivity contribution < 1.29 is 9.31 Å². The van der Waals surface area contributed by atoms with E-state index >= 15 is 0 Å². The van der Waals surface area contributed by atoms with E-state index in [4.69, 9.17) is 0 Å². The molecule has 0 radical (unpaired) electrons. The van der Waals surface area contributed by atoms with E-state index in [0.717, 1.165) is 12.8 Å². The van der Waals surface area contributed by atoms with E-state index < -0.39 is 4.92 Å². The van der Waals surface area contributed by atoms with Crippen molar-refractivity contribution in [3.63, 3.8) is 0 Å². The predicted molar refractivity (Wildman–Crippen MR) is 86.5 cm³/mol. The minimum Gasteiger partial charge on any atom is -0.354 e. The summed E-state index contributed by atoms with van der Waals surface area (Å²) in [6, 6.07) is 5.51. The number of aromatic nitrogens is 2. The fourth-order valence-electron chi connectivity index (χ4n) is 2.08. The maximum atomic E-state index is 13.0. The minimum atomic E-state index is -0.510. The van der Waals surface area contributed by atoms with Crippen LogP contribution >= 0.6 is 0 Å². The lowest BCUT2D eigenvalue weighted by molar-refractivity contribution is -0.383. The van der Waals surface area contributed by atoms with Crippen LogP contribution in [0.3, 0.4) is 0 Å². The van der Waals surface area contributed by atoms with Gasteiger partial charge in [-0.2, -0.15) is 0 Å². The predicted octanol–water partition coefficient (Wildman–Crippen LogP) is 3.50. The van der Waals surface area contributed by atoms with E-state index in [2.05, 4.69) is 15.3 Å². The largest absolute Gasteiger partial charge is 0.354 e. The molecule has 0 amide bonds. The van der Waals surface area contributed by atoms with Gasteiger partial charge in [0, 0.05) is 19.3 Å². The fraction of sp³-hybridized carbons (Fsp3) is 0.333. The Kier molecular flexibility index (Phi) is 5.40. The van der Waals surface area contributed by atoms with Crippen molar-refractivity contribution in [1.29, 1.82) is 0 Å². The molecule has 23 heavy (non-hydrogen) atoms. The average Bonchev–Trinajstić information content (AvgIpc) is 2.54. The Morgan fingerprint density at radius 1 is 1.30 bits per heavy atom. The average molecular weight is 319 g/mol. The first-order valence-corrected chi connectivity index (χ1v) is 7.26. The van der Waals surface area contributed by atoms with Gasteiger partial charge < -0.3 is 10.2 Å². The van der Waals surface area contributed by atoms with Crippen molar-refractivity contribution in [3.8, 4) is 0 Å². The number of benzene rings is 1. The molecule has 0 spiro atoms. The summed E-state index contributed by atoms with van der Waals surface area (Å²) in [4.78, 5) is 20.7. The Morgan fingerprint density at radius 3 is 2.61 bits per heavy atom. The molecule has 122 valence electrons. The van der Waals surface area contributed by atoms with Gasteiger partial charge in [0.2, 0.25) is 11.6 Å². The summed E-state index contributed by atoms with van der Waals surface area (Å²) in [6.45, 7) is 2.70. The SMILES string of the molecule is CCCCN(C)c1ncnc(Nc2ccc(F)cc2)c1[N+](=O)[O-]. The monoisotopic (exact) mass is 319 g/mol. The van der Waals surface area contributed by atoms with Gasteiger partial charge in [0.15, 0.2) is 0 Å². The van der Waals surface area contributed by atoms with Crippen molar-refractivity contribution in [2.75, 3.05) is 23.8 Å². The zero-order valence-electron chi connectivity index (χ0n) is 13.0. The number of hydrogen-bond donors (Lipinski definition) is 1. The third-order valence-electron chi connectivity index (χ3n) is 3.30. The highest BCUT2D eigenvalue weighted by molar-refractivity contribution is 5.74. The number of unbranched alkanes of at least 4 members (excludes halogenated alkanes) is 1. The van der Waals surface area contributed by atoms with Crippen LogP contribution in [0.5, 0.6) is 0 Å². The summed E-state index contributed by atoms with van der Waals surface area (Å²) >= 11 is 0. The highest BCUT2D eigenvalue weighted by atomic mass is 19.1. The molecule has 2 aromatic rings. The van der Waals surface area contributed by atoms with Crippen LogP contribution in [0.2, 0.25) is 0 Å². The number of halogens is 1. The zero-order valence-corrected chi connectivity index (χ0v) is 13.0. The summed E-state index contributed by atoms with van der Waals surface area (Å²) in [6.07, 6.45) is 3.15. The second-order valence-electron chi connectivity index (χ2n) is 5.06. The van der Waals surface area contributed by atoms with E-state index in [1.54, 1.807) is 11.9 Å². The smallest absolute Gasteiger partial charge is 0.353 e. The third kappa shape index (κ3) is 4.12. The molecule has 0 aliphatic rings. The summed E-state index contributed by atoms with van der Waals surface area (Å²) in [5.74, 6) is -0.0502. The third-order valence-corrected chi connectivity index (χ3v) is 3.30. The van der Waals surface area contributed by atoms with Crippen LogP contribution in [0.1, 0.15) is 19.8 Å². The van der Waals surface area contributed by atoms with E-state index in [0.29, 0.717) is 12.2 Å². The van der Waals surface area contributed by atoms with Gasteiger partial charge in [-0.1, -0.05) is 13.3 Å². The number of nitrogens with zero attached hydrogens (tertiary/aromatic N) is 4. The molecule has 8 heteroatoms. The highest BCUT2D eigenvalue weighted by Gasteiger charge is 2.25. The molecule has 1 aromatic heterocycles. The normalized spacial score (nSPS) is 10.4. The first kappa shape index (κ1) is 16.6. The first-order chi connectivity index (χ1) is 11.0. The van der Waals surface area contributed by atoms with Crippen LogP contribution < -0.4 is 10.2 Å². The molecular formula is C15H18FN5O2. The number of hydrogen-bond acceptors (Lipinski definition) is 6. The zero-order chi connectivity index (χ0) is 16.8. The Labute approximate surface area is 133 Å². The summed E-state index contributed by atoms with van der Waals surface area (Å²) < 4.78 is 13.0. The van der Waals surface area contributed by atoms with Gasteiger partial charge in [-0.25, -0.2) is 14.4 Å². The van der Waals surface area contributed by atoms with E-state index in [1.807, 2.05) is 6.92 Å². The van der Waals surface area contributed by atoms with Crippen molar-refractivity contribution in [3.05, 3.63) is 46.5 Å². The van der Waals surface area contributed by atoms with Crippen molar-refractivity contribution in [1.82, 2.24) is 9.97 Å². The Morgan fingerprint density at radius 2 is 2.00 bits per heavy atom. The molecule has 0 bridgehead atoms. The van der Waals surface area contributed by atoms with E-state index in [1.165, 1.54) is 30.6 Å². The second-order valence-corrected chi connectivity index (χ2v) is 5.06. The molecule has 1 aromatic carbocycles. The molecule has 2 rings (SSSR count). The lowest BCUT2D eigenvalue weighted by Crippen LogP contribution is -2.21. The highest BCUT2D eigenvalue weighted by Crippen LogP contribution is 2.33. The molecule has 0 saturated carbocycles. The number of anilines is 3. The number of nitro groups is 1. The Bertz CT molecular complexity index is 678. The number of nitrogens with one attached hydrogen (secondary N) is 1. The van der Waals surface area contributed by atoms with Gasteiger partial charge >= 0.3 is 5.69 Å². The van der Waals surface area contributed by atoms with Gasteiger partial charge in [-0.05, 0) is 30.7 Å². The molecule has 0 aliphatic carbocycles. The van der Waals surface area contributed by atoms with Crippen LogP contribution in [0, 0.1) is 15.9 Å². The molecule has 0 saturated heterocycles. The molecule has 0 atom stereocenters. The van der Waals surface area contributed by atoms with Crippen molar-refractivity contribution in [2.24, 2.45) is 0 Å². The standard InChI is InChI=1S/C15H18FN5O2/c1-3-4-9-20(2)15-13(21(22)23)14(17-10-18-15)19-12-7-5-11(16)6-8-12/h5-8,10H,3-4,9H2,1-2H3,(H,17,18,19). The van der Waals surface area contributed by atoms with E-state index in [-0.39, 0.29) is 23.1 Å². The topological polar surface area (TPSA) is 84.2 Å². The fourth-order valence-corrected chi connectivity index (χ4v) is 2.08. The maximum Gasteiger partial charge on any atom is 0.353 e. The molecule has 1 heterocycles. The van der Waals surface area contributed by atoms with Gasteiger partial charge in [0.25, 0.3) is 0 Å². The van der Waals surface area contributed by atoms with Crippen LogP contribution in [0.4, 0.5) is 27.4 Å². The molecule has 0 unspecified atom stereocenters. The Balaban J connectivity index is 2.35. The Hall–Kier alpha value is -2.77. The molecular weight excluding hydrogens is 301 g/mol. The lowest BCUT2D eigenvalue weighted by atomic mass is 10.3. The van der Waals surface area contributed by atoms with Crippen LogP contribution in [0.15, 0.2) is 30.6 Å². The van der Waals surface area contributed by atoms with Crippen LogP contribution in [-0.4, -0.2) is 28.5 Å². The van der Waals surface area contributed by atoms with Crippen LogP contribution in [-0.2, 0) is 0 Å². The minimum absolute atomic E-state index is 0.0787. The maximum absolute atomic E-state index is 13.0. The summed E-state index contributed by atoms with van der Waals surface area (Å²) in [7, 11) is 1.76. The molecule has 0 fully saturated rings.